The van der Waals surface area contributed by atoms with Gasteiger partial charge in [0.25, 0.3) is 0 Å². The predicted molar refractivity (Wildman–Crippen MR) is 123 cm³/mol. The Hall–Kier alpha value is -2.47. The predicted octanol–water partition coefficient (Wildman–Crippen LogP) is 5.64. The molecule has 0 aromatic heterocycles. The molecule has 0 amide bonds. The first-order valence-electron chi connectivity index (χ1n) is 9.77. The van der Waals surface area contributed by atoms with Crippen LogP contribution in [-0.4, -0.2) is 19.0 Å². The Balaban J connectivity index is 1.87. The van der Waals surface area contributed by atoms with E-state index in [1.54, 1.807) is 5.31 Å². The van der Waals surface area contributed by atoms with Crippen LogP contribution in [0.1, 0.15) is 18.0 Å². The Kier molecular flexibility index (Phi) is 5.86. The van der Waals surface area contributed by atoms with E-state index in [1.165, 1.54) is 21.7 Å². The van der Waals surface area contributed by atoms with E-state index in [9.17, 15) is 0 Å². The van der Waals surface area contributed by atoms with Crippen molar-refractivity contribution in [3.63, 3.8) is 0 Å². The van der Waals surface area contributed by atoms with Crippen LogP contribution in [0.2, 0.25) is 0 Å². The van der Waals surface area contributed by atoms with Crippen molar-refractivity contribution >= 4 is 18.5 Å². The van der Waals surface area contributed by atoms with Gasteiger partial charge in [0, 0.05) is 0 Å². The Morgan fingerprint density at radius 2 is 1.21 bits per heavy atom. The highest BCUT2D eigenvalue weighted by Crippen LogP contribution is 2.51. The molecule has 0 bridgehead atoms. The van der Waals surface area contributed by atoms with E-state index in [1.807, 2.05) is 0 Å². The maximum atomic E-state index is 2.36. The van der Waals surface area contributed by atoms with Gasteiger partial charge in [0.15, 0.2) is 0 Å². The second-order valence-corrected chi connectivity index (χ2v) is 9.54. The van der Waals surface area contributed by atoms with Crippen LogP contribution < -0.4 is 10.6 Å². The van der Waals surface area contributed by atoms with Crippen LogP contribution in [0.4, 0.5) is 0 Å². The monoisotopic (exact) mass is 383 g/mol. The van der Waals surface area contributed by atoms with E-state index in [2.05, 4.69) is 122 Å². The lowest BCUT2D eigenvalue weighted by Crippen LogP contribution is -2.22. The molecule has 0 spiro atoms. The maximum absolute atomic E-state index is 2.36. The van der Waals surface area contributed by atoms with E-state index in [0.29, 0.717) is 0 Å². The average molecular weight is 383 g/mol. The Morgan fingerprint density at radius 3 is 1.71 bits per heavy atom. The summed E-state index contributed by atoms with van der Waals surface area (Å²) in [5.41, 5.74) is 2.80. The van der Waals surface area contributed by atoms with Crippen LogP contribution in [0, 0.1) is 0 Å². The zero-order chi connectivity index (χ0) is 19.3. The number of hydrogen-bond acceptors (Lipinski definition) is 1. The van der Waals surface area contributed by atoms with Gasteiger partial charge in [0.05, 0.1) is 6.04 Å². The molecule has 0 heterocycles. The Labute approximate surface area is 169 Å². The molecule has 0 unspecified atom stereocenters. The van der Waals surface area contributed by atoms with Gasteiger partial charge in [0.1, 0.15) is 0 Å². The summed E-state index contributed by atoms with van der Waals surface area (Å²) < 4.78 is 0. The molecule has 28 heavy (non-hydrogen) atoms. The van der Waals surface area contributed by atoms with Crippen molar-refractivity contribution in [3.05, 3.63) is 120 Å². The molecule has 2 heteroatoms. The second-order valence-electron chi connectivity index (χ2n) is 7.29. The molecule has 0 saturated carbocycles. The van der Waals surface area contributed by atoms with Crippen LogP contribution in [0.25, 0.3) is 0 Å². The normalized spacial score (nSPS) is 14.9. The summed E-state index contributed by atoms with van der Waals surface area (Å²) in [7, 11) is 3.82. The minimum atomic E-state index is -0.548. The van der Waals surface area contributed by atoms with Crippen molar-refractivity contribution in [3.8, 4) is 0 Å². The van der Waals surface area contributed by atoms with Crippen molar-refractivity contribution in [1.82, 2.24) is 4.90 Å². The largest absolute Gasteiger partial charge is 0.299 e. The van der Waals surface area contributed by atoms with E-state index in [4.69, 9.17) is 0 Å². The van der Waals surface area contributed by atoms with Crippen molar-refractivity contribution < 1.29 is 0 Å². The first-order chi connectivity index (χ1) is 13.8. The number of allylic oxidation sites excluding steroid dienone is 2. The van der Waals surface area contributed by atoms with Gasteiger partial charge in [-0.15, -0.1) is 0 Å². The molecular weight excluding hydrogens is 357 g/mol. The van der Waals surface area contributed by atoms with Crippen LogP contribution >= 0.6 is 7.92 Å². The molecule has 1 atom stereocenters. The molecule has 3 aromatic carbocycles. The summed E-state index contributed by atoms with van der Waals surface area (Å²) in [5.74, 6) is 0. The Bertz CT molecular complexity index is 920. The standard InChI is InChI=1S/C26H26NP/c1-27(2)26(21-13-6-3-7-14-21)24-19-12-20-25(24)28(22-15-8-4-9-16-22)23-17-10-5-11-18-23/h3-19,26H,20H2,1-2H3/t26-/m1/s1. The summed E-state index contributed by atoms with van der Waals surface area (Å²) in [5, 5.41) is 4.41. The molecule has 1 aliphatic carbocycles. The molecule has 1 nitrogen and oxygen atoms in total. The summed E-state index contributed by atoms with van der Waals surface area (Å²) in [6.45, 7) is 0. The van der Waals surface area contributed by atoms with Crippen molar-refractivity contribution in [2.24, 2.45) is 0 Å². The third-order valence-corrected chi connectivity index (χ3v) is 7.78. The fourth-order valence-corrected chi connectivity index (χ4v) is 6.59. The second kappa shape index (κ2) is 8.69. The maximum Gasteiger partial charge on any atom is 0.0600 e. The van der Waals surface area contributed by atoms with Crippen LogP contribution in [0.5, 0.6) is 0 Å². The highest BCUT2D eigenvalue weighted by Gasteiger charge is 2.28. The van der Waals surface area contributed by atoms with Gasteiger partial charge >= 0.3 is 0 Å². The third kappa shape index (κ3) is 3.87. The zero-order valence-corrected chi connectivity index (χ0v) is 17.4. The van der Waals surface area contributed by atoms with Crippen molar-refractivity contribution in [2.75, 3.05) is 14.1 Å². The molecule has 3 aromatic rings. The summed E-state index contributed by atoms with van der Waals surface area (Å²) in [6.07, 6.45) is 5.72. The van der Waals surface area contributed by atoms with Gasteiger partial charge in [-0.1, -0.05) is 103 Å². The molecule has 0 saturated heterocycles. The number of nitrogens with zero attached hydrogens (tertiary/aromatic N) is 1. The van der Waals surface area contributed by atoms with Gasteiger partial charge in [-0.05, 0) is 55.5 Å². The highest BCUT2D eigenvalue weighted by molar-refractivity contribution is 7.76. The first kappa shape index (κ1) is 18.9. The van der Waals surface area contributed by atoms with Gasteiger partial charge < -0.3 is 0 Å². The van der Waals surface area contributed by atoms with Crippen LogP contribution in [0.15, 0.2) is 114 Å². The third-order valence-electron chi connectivity index (χ3n) is 5.17. The van der Waals surface area contributed by atoms with Crippen molar-refractivity contribution in [1.29, 1.82) is 0 Å². The van der Waals surface area contributed by atoms with Crippen molar-refractivity contribution in [2.45, 2.75) is 12.5 Å². The Morgan fingerprint density at radius 1 is 0.714 bits per heavy atom. The first-order valence-corrected chi connectivity index (χ1v) is 11.1. The fourth-order valence-electron chi connectivity index (χ4n) is 3.99. The summed E-state index contributed by atoms with van der Waals surface area (Å²) >= 11 is 0. The summed E-state index contributed by atoms with van der Waals surface area (Å²) in [6, 6.07) is 33.2. The lowest BCUT2D eigenvalue weighted by atomic mass is 9.98. The SMILES string of the molecule is CN(C)[C@@H](C1=C(P(c2ccccc2)c2ccccc2)CC=C1)c1ccccc1. The van der Waals surface area contributed by atoms with Gasteiger partial charge in [-0.3, -0.25) is 4.90 Å². The van der Waals surface area contributed by atoms with Crippen LogP contribution in [0.3, 0.4) is 0 Å². The topological polar surface area (TPSA) is 3.24 Å². The molecular formula is C26H26NP. The lowest BCUT2D eigenvalue weighted by molar-refractivity contribution is 0.341. The van der Waals surface area contributed by atoms with Crippen LogP contribution in [-0.2, 0) is 0 Å². The van der Waals surface area contributed by atoms with E-state index in [-0.39, 0.29) is 6.04 Å². The molecule has 1 aliphatic rings. The molecule has 140 valence electrons. The van der Waals surface area contributed by atoms with Gasteiger partial charge in [-0.2, -0.15) is 0 Å². The zero-order valence-electron chi connectivity index (χ0n) is 16.5. The minimum Gasteiger partial charge on any atom is -0.299 e. The fraction of sp³-hybridized carbons (Fsp3) is 0.154. The minimum absolute atomic E-state index is 0.271. The lowest BCUT2D eigenvalue weighted by Gasteiger charge is -2.30. The van der Waals surface area contributed by atoms with Gasteiger partial charge in [0.2, 0.25) is 0 Å². The van der Waals surface area contributed by atoms with E-state index < -0.39 is 7.92 Å². The average Bonchev–Trinajstić information content (AvgIpc) is 3.19. The quantitative estimate of drug-likeness (QED) is 0.498. The number of benzene rings is 3. The molecule has 0 aliphatic heterocycles. The molecule has 4 rings (SSSR count). The summed E-state index contributed by atoms with van der Waals surface area (Å²) in [4.78, 5) is 2.34. The van der Waals surface area contributed by atoms with E-state index in [0.717, 1.165) is 6.42 Å². The number of rotatable bonds is 6. The highest BCUT2D eigenvalue weighted by atomic mass is 31.1. The molecule has 0 radical (unpaired) electrons. The number of hydrogen-bond donors (Lipinski definition) is 0. The number of likely N-dealkylation sites (N-methyl/N-ethyl adjacent to an activating group) is 1. The molecule has 0 N–H and O–H groups in total. The molecule has 0 fully saturated rings. The van der Waals surface area contributed by atoms with Gasteiger partial charge in [-0.25, -0.2) is 0 Å². The smallest absolute Gasteiger partial charge is 0.0600 e. The van der Waals surface area contributed by atoms with E-state index >= 15 is 0 Å².